The van der Waals surface area contributed by atoms with Crippen LogP contribution in [-0.2, 0) is 5.41 Å². The second-order valence-electron chi connectivity index (χ2n) is 14.8. The highest BCUT2D eigenvalue weighted by Gasteiger charge is 2.49. The Balaban J connectivity index is 1.36. The standard InChI is InChI=1S/C53H34O2/c54-41-27-23-35-29-39(25-21-37(35)31-41)53(40-26-22-38-32-42(55)28-24-36(38)30-40)51-47(45-15-5-11-33-9-1-3-13-43(33)45)17-7-19-49(51)50-20-8-18-48(52(50)53)46-16-6-12-34-10-2-4-14-44(34)46/h1-32,54-55H. The molecule has 0 aromatic heterocycles. The van der Waals surface area contributed by atoms with Gasteiger partial charge >= 0.3 is 0 Å². The first-order valence-corrected chi connectivity index (χ1v) is 18.8. The highest BCUT2D eigenvalue weighted by Crippen LogP contribution is 2.62. The van der Waals surface area contributed by atoms with E-state index in [0.29, 0.717) is 0 Å². The summed E-state index contributed by atoms with van der Waals surface area (Å²) in [5, 5.41) is 29.9. The third-order valence-corrected chi connectivity index (χ3v) is 11.8. The van der Waals surface area contributed by atoms with E-state index in [2.05, 4.69) is 158 Å². The monoisotopic (exact) mass is 702 g/mol. The first-order chi connectivity index (χ1) is 27.1. The molecule has 0 heterocycles. The van der Waals surface area contributed by atoms with E-state index < -0.39 is 5.41 Å². The van der Waals surface area contributed by atoms with E-state index in [1.165, 1.54) is 66.1 Å². The van der Waals surface area contributed by atoms with Crippen molar-refractivity contribution < 1.29 is 10.2 Å². The molecule has 1 aliphatic rings. The average molecular weight is 703 g/mol. The lowest BCUT2D eigenvalue weighted by atomic mass is 9.64. The largest absolute Gasteiger partial charge is 0.508 e. The van der Waals surface area contributed by atoms with Crippen molar-refractivity contribution in [3.8, 4) is 44.9 Å². The molecule has 55 heavy (non-hydrogen) atoms. The topological polar surface area (TPSA) is 40.5 Å². The van der Waals surface area contributed by atoms with Gasteiger partial charge in [0.25, 0.3) is 0 Å². The molecular weight excluding hydrogens is 669 g/mol. The van der Waals surface area contributed by atoms with Crippen LogP contribution in [-0.4, -0.2) is 10.2 Å². The summed E-state index contributed by atoms with van der Waals surface area (Å²) in [6, 6.07) is 69.0. The Bertz CT molecular complexity index is 2960. The maximum absolute atomic E-state index is 10.5. The van der Waals surface area contributed by atoms with Crippen molar-refractivity contribution in [2.45, 2.75) is 5.41 Å². The highest BCUT2D eigenvalue weighted by atomic mass is 16.3. The van der Waals surface area contributed by atoms with Crippen LogP contribution in [0.15, 0.2) is 194 Å². The summed E-state index contributed by atoms with van der Waals surface area (Å²) in [5.74, 6) is 0.501. The molecule has 0 saturated carbocycles. The van der Waals surface area contributed by atoms with Crippen LogP contribution < -0.4 is 0 Å². The Morgan fingerprint density at radius 1 is 0.273 bits per heavy atom. The zero-order chi connectivity index (χ0) is 36.7. The minimum atomic E-state index is -0.788. The third kappa shape index (κ3) is 4.62. The first-order valence-electron chi connectivity index (χ1n) is 18.8. The molecule has 0 bridgehead atoms. The van der Waals surface area contributed by atoms with Crippen LogP contribution in [0.5, 0.6) is 11.5 Å². The lowest BCUT2D eigenvalue weighted by Crippen LogP contribution is -2.30. The second kappa shape index (κ2) is 11.9. The number of aromatic hydroxyl groups is 2. The summed E-state index contributed by atoms with van der Waals surface area (Å²) >= 11 is 0. The van der Waals surface area contributed by atoms with Crippen LogP contribution in [0.25, 0.3) is 76.5 Å². The summed E-state index contributed by atoms with van der Waals surface area (Å²) in [6.45, 7) is 0. The van der Waals surface area contributed by atoms with Crippen molar-refractivity contribution >= 4 is 43.1 Å². The van der Waals surface area contributed by atoms with E-state index in [-0.39, 0.29) is 11.5 Å². The number of phenolic OH excluding ortho intramolecular Hbond substituents is 2. The van der Waals surface area contributed by atoms with Crippen molar-refractivity contribution in [1.82, 2.24) is 0 Å². The number of hydrogen-bond acceptors (Lipinski definition) is 2. The van der Waals surface area contributed by atoms with Crippen molar-refractivity contribution in [2.24, 2.45) is 0 Å². The van der Waals surface area contributed by atoms with Gasteiger partial charge in [-0.25, -0.2) is 0 Å². The van der Waals surface area contributed by atoms with Gasteiger partial charge in [0.05, 0.1) is 5.41 Å². The molecule has 0 aliphatic heterocycles. The fourth-order valence-corrected chi connectivity index (χ4v) is 9.53. The van der Waals surface area contributed by atoms with Gasteiger partial charge in [-0.15, -0.1) is 0 Å². The predicted molar refractivity (Wildman–Crippen MR) is 228 cm³/mol. The molecule has 10 aromatic rings. The van der Waals surface area contributed by atoms with Gasteiger partial charge in [-0.2, -0.15) is 0 Å². The molecule has 0 unspecified atom stereocenters. The Kier molecular flexibility index (Phi) is 6.80. The highest BCUT2D eigenvalue weighted by molar-refractivity contribution is 6.06. The van der Waals surface area contributed by atoms with E-state index in [4.69, 9.17) is 0 Å². The van der Waals surface area contributed by atoms with Crippen molar-refractivity contribution in [3.05, 3.63) is 216 Å². The fourth-order valence-electron chi connectivity index (χ4n) is 9.53. The zero-order valence-electron chi connectivity index (χ0n) is 29.9. The SMILES string of the molecule is Oc1ccc2cc(C3(c4ccc5cc(O)ccc5c4)c4c(cccc4-c4cccc5ccccc45)-c4cccc(-c5cccc6ccccc56)c43)ccc2c1. The molecule has 0 amide bonds. The normalized spacial score (nSPS) is 13.0. The minimum absolute atomic E-state index is 0.251. The van der Waals surface area contributed by atoms with Gasteiger partial charge in [0.15, 0.2) is 0 Å². The van der Waals surface area contributed by atoms with Gasteiger partial charge < -0.3 is 10.2 Å². The first kappa shape index (κ1) is 31.4. The zero-order valence-corrected chi connectivity index (χ0v) is 29.9. The number of rotatable bonds is 4. The van der Waals surface area contributed by atoms with Crippen LogP contribution in [0.1, 0.15) is 22.3 Å². The van der Waals surface area contributed by atoms with Gasteiger partial charge in [-0.3, -0.25) is 0 Å². The Labute approximate surface area is 318 Å². The molecule has 2 N–H and O–H groups in total. The number of benzene rings is 10. The van der Waals surface area contributed by atoms with Crippen LogP contribution in [0, 0.1) is 0 Å². The molecular formula is C53H34O2. The molecule has 0 radical (unpaired) electrons. The lowest BCUT2D eigenvalue weighted by molar-refractivity contribution is 0.475. The van der Waals surface area contributed by atoms with E-state index in [0.717, 1.165) is 32.7 Å². The second-order valence-corrected chi connectivity index (χ2v) is 14.8. The smallest absolute Gasteiger partial charge is 0.116 e. The van der Waals surface area contributed by atoms with Crippen LogP contribution in [0.4, 0.5) is 0 Å². The molecule has 0 fully saturated rings. The molecule has 0 saturated heterocycles. The number of hydrogen-bond donors (Lipinski definition) is 2. The van der Waals surface area contributed by atoms with E-state index in [1.54, 1.807) is 12.1 Å². The van der Waals surface area contributed by atoms with E-state index in [1.807, 2.05) is 24.3 Å². The maximum atomic E-state index is 10.5. The van der Waals surface area contributed by atoms with Crippen LogP contribution in [0.2, 0.25) is 0 Å². The fraction of sp³-hybridized carbons (Fsp3) is 0.0189. The Morgan fingerprint density at radius 3 is 1.09 bits per heavy atom. The molecule has 258 valence electrons. The van der Waals surface area contributed by atoms with Crippen molar-refractivity contribution in [1.29, 1.82) is 0 Å². The van der Waals surface area contributed by atoms with Gasteiger partial charge in [0, 0.05) is 0 Å². The molecule has 2 nitrogen and oxygen atoms in total. The number of phenols is 2. The van der Waals surface area contributed by atoms with Gasteiger partial charge in [-0.1, -0.05) is 158 Å². The van der Waals surface area contributed by atoms with E-state index >= 15 is 0 Å². The third-order valence-electron chi connectivity index (χ3n) is 11.8. The molecule has 10 aromatic carbocycles. The lowest BCUT2D eigenvalue weighted by Gasteiger charge is -2.37. The maximum Gasteiger partial charge on any atom is 0.116 e. The molecule has 1 aliphatic carbocycles. The van der Waals surface area contributed by atoms with Crippen LogP contribution >= 0.6 is 0 Å². The Morgan fingerprint density at radius 2 is 0.618 bits per heavy atom. The minimum Gasteiger partial charge on any atom is -0.508 e. The molecule has 0 atom stereocenters. The van der Waals surface area contributed by atoms with Gasteiger partial charge in [-0.05, 0) is 135 Å². The van der Waals surface area contributed by atoms with Crippen molar-refractivity contribution in [3.63, 3.8) is 0 Å². The van der Waals surface area contributed by atoms with Crippen LogP contribution in [0.3, 0.4) is 0 Å². The summed E-state index contributed by atoms with van der Waals surface area (Å²) in [4.78, 5) is 0. The van der Waals surface area contributed by atoms with Gasteiger partial charge in [0.2, 0.25) is 0 Å². The Hall–Kier alpha value is -7.16. The summed E-state index contributed by atoms with van der Waals surface area (Å²) in [5.41, 5.74) is 11.1. The average Bonchev–Trinajstić information content (AvgIpc) is 3.54. The number of fused-ring (bicyclic) bond motifs is 7. The summed E-state index contributed by atoms with van der Waals surface area (Å²) in [6.07, 6.45) is 0. The molecule has 0 spiro atoms. The van der Waals surface area contributed by atoms with E-state index in [9.17, 15) is 10.2 Å². The molecule has 11 rings (SSSR count). The predicted octanol–water partition coefficient (Wildman–Crippen LogP) is 13.4. The summed E-state index contributed by atoms with van der Waals surface area (Å²) < 4.78 is 0. The van der Waals surface area contributed by atoms with Gasteiger partial charge in [0.1, 0.15) is 11.5 Å². The van der Waals surface area contributed by atoms with Crippen molar-refractivity contribution in [2.75, 3.05) is 0 Å². The summed E-state index contributed by atoms with van der Waals surface area (Å²) in [7, 11) is 0. The quantitative estimate of drug-likeness (QED) is 0.192. The molecule has 2 heteroatoms.